The molecule has 0 spiro atoms. The van der Waals surface area contributed by atoms with Crippen molar-refractivity contribution in [3.05, 3.63) is 21.2 Å². The van der Waals surface area contributed by atoms with Gasteiger partial charge >= 0.3 is 0 Å². The number of aromatic nitrogens is 2. The first-order valence-corrected chi connectivity index (χ1v) is 4.72. The maximum Gasteiger partial charge on any atom is 0.267 e. The molecule has 1 aromatic heterocycles. The highest BCUT2D eigenvalue weighted by Crippen LogP contribution is 2.12. The van der Waals surface area contributed by atoms with E-state index in [9.17, 15) is 4.79 Å². The van der Waals surface area contributed by atoms with Gasteiger partial charge < -0.3 is 16.0 Å². The number of H-pyrrole nitrogens is 1. The third-order valence-electron chi connectivity index (χ3n) is 1.47. The maximum atomic E-state index is 11.1. The molecule has 0 aliphatic carbocycles. The van der Waals surface area contributed by atoms with Crippen LogP contribution in [0.15, 0.2) is 15.6 Å². The number of aromatic amines is 1. The topological polar surface area (TPSA) is 83.8 Å². The number of halogens is 1. The van der Waals surface area contributed by atoms with Gasteiger partial charge in [0.2, 0.25) is 0 Å². The van der Waals surface area contributed by atoms with E-state index in [4.69, 9.17) is 5.73 Å². The van der Waals surface area contributed by atoms with E-state index in [2.05, 4.69) is 31.2 Å². The summed E-state index contributed by atoms with van der Waals surface area (Å²) in [6.45, 7) is 1.33. The molecule has 0 saturated carbocycles. The molecule has 72 valence electrons. The monoisotopic (exact) mass is 246 g/mol. The van der Waals surface area contributed by atoms with Crippen LogP contribution in [-0.4, -0.2) is 23.1 Å². The van der Waals surface area contributed by atoms with E-state index < -0.39 is 0 Å². The highest BCUT2D eigenvalue weighted by atomic mass is 79.9. The lowest BCUT2D eigenvalue weighted by Gasteiger charge is -2.04. The van der Waals surface area contributed by atoms with E-state index in [-0.39, 0.29) is 5.56 Å². The zero-order valence-electron chi connectivity index (χ0n) is 7.01. The molecule has 0 saturated heterocycles. The lowest BCUT2D eigenvalue weighted by atomic mass is 10.4. The van der Waals surface area contributed by atoms with Crippen LogP contribution >= 0.6 is 15.9 Å². The van der Waals surface area contributed by atoms with Crippen LogP contribution in [0.25, 0.3) is 0 Å². The Labute approximate surface area is 83.9 Å². The molecule has 4 N–H and O–H groups in total. The number of nitrogens with two attached hydrogens (primary N) is 1. The Kier molecular flexibility index (Phi) is 3.91. The van der Waals surface area contributed by atoms with Crippen molar-refractivity contribution in [2.75, 3.05) is 18.4 Å². The third kappa shape index (κ3) is 2.82. The quantitative estimate of drug-likeness (QED) is 0.668. The molecule has 0 aliphatic heterocycles. The average Bonchev–Trinajstić information content (AvgIpc) is 2.13. The van der Waals surface area contributed by atoms with Crippen molar-refractivity contribution in [2.24, 2.45) is 5.73 Å². The van der Waals surface area contributed by atoms with E-state index in [0.717, 1.165) is 6.42 Å². The van der Waals surface area contributed by atoms with Crippen molar-refractivity contribution in [1.82, 2.24) is 9.97 Å². The number of rotatable bonds is 4. The smallest absolute Gasteiger partial charge is 0.267 e. The van der Waals surface area contributed by atoms with Crippen LogP contribution in [0.5, 0.6) is 0 Å². The lowest BCUT2D eigenvalue weighted by Crippen LogP contribution is -2.14. The number of nitrogens with zero attached hydrogens (tertiary/aromatic N) is 1. The highest BCUT2D eigenvalue weighted by molar-refractivity contribution is 9.10. The van der Waals surface area contributed by atoms with Crippen molar-refractivity contribution in [1.29, 1.82) is 0 Å². The molecule has 1 aromatic rings. The predicted octanol–water partition coefficient (Wildman–Crippen LogP) is 0.293. The Balaban J connectivity index is 2.66. The Morgan fingerprint density at radius 2 is 2.46 bits per heavy atom. The van der Waals surface area contributed by atoms with E-state index >= 15 is 0 Å². The lowest BCUT2D eigenvalue weighted by molar-refractivity contribution is 0.867. The first kappa shape index (κ1) is 10.2. The minimum atomic E-state index is -0.190. The number of hydrogen-bond donors (Lipinski definition) is 3. The molecule has 0 fully saturated rings. The summed E-state index contributed by atoms with van der Waals surface area (Å²) in [7, 11) is 0. The summed E-state index contributed by atoms with van der Waals surface area (Å²) in [5.74, 6) is 0.553. The van der Waals surface area contributed by atoms with Crippen LogP contribution < -0.4 is 16.6 Å². The second-order valence-corrected chi connectivity index (χ2v) is 3.26. The zero-order chi connectivity index (χ0) is 9.68. The van der Waals surface area contributed by atoms with Gasteiger partial charge in [-0.3, -0.25) is 4.79 Å². The van der Waals surface area contributed by atoms with Crippen molar-refractivity contribution >= 4 is 21.7 Å². The molecule has 0 unspecified atom stereocenters. The average molecular weight is 247 g/mol. The standard InChI is InChI=1S/C7H11BrN4O/c8-5-6(10-3-1-2-9)11-4-12-7(5)13/h4H,1-3,9H2,(H2,10,11,12,13). The number of nitrogens with one attached hydrogen (secondary N) is 2. The zero-order valence-corrected chi connectivity index (χ0v) is 8.60. The number of hydrogen-bond acceptors (Lipinski definition) is 4. The van der Waals surface area contributed by atoms with Crippen LogP contribution in [0, 0.1) is 0 Å². The maximum absolute atomic E-state index is 11.1. The molecule has 0 radical (unpaired) electrons. The Morgan fingerprint density at radius 1 is 1.69 bits per heavy atom. The van der Waals surface area contributed by atoms with E-state index in [1.54, 1.807) is 0 Å². The fourth-order valence-corrected chi connectivity index (χ4v) is 1.17. The van der Waals surface area contributed by atoms with Crippen molar-refractivity contribution in [3.8, 4) is 0 Å². The minimum absolute atomic E-state index is 0.190. The molecule has 1 heterocycles. The van der Waals surface area contributed by atoms with Gasteiger partial charge in [-0.25, -0.2) is 4.98 Å². The van der Waals surface area contributed by atoms with E-state index in [1.807, 2.05) is 0 Å². The molecule has 5 nitrogen and oxygen atoms in total. The number of anilines is 1. The van der Waals surface area contributed by atoms with Gasteiger partial charge in [0.15, 0.2) is 0 Å². The summed E-state index contributed by atoms with van der Waals surface area (Å²) in [6, 6.07) is 0. The normalized spacial score (nSPS) is 10.0. The van der Waals surface area contributed by atoms with E-state index in [0.29, 0.717) is 23.4 Å². The first-order valence-electron chi connectivity index (χ1n) is 3.93. The third-order valence-corrected chi connectivity index (χ3v) is 2.21. The predicted molar refractivity (Wildman–Crippen MR) is 54.7 cm³/mol. The second-order valence-electron chi connectivity index (χ2n) is 2.46. The van der Waals surface area contributed by atoms with Gasteiger partial charge in [0.05, 0.1) is 6.33 Å². The van der Waals surface area contributed by atoms with Crippen LogP contribution in [0.4, 0.5) is 5.82 Å². The van der Waals surface area contributed by atoms with Gasteiger partial charge in [0, 0.05) is 6.54 Å². The SMILES string of the molecule is NCCCNc1nc[nH]c(=O)c1Br. The summed E-state index contributed by atoms with van der Waals surface area (Å²) in [5, 5.41) is 3.00. The highest BCUT2D eigenvalue weighted by Gasteiger charge is 2.02. The molecule has 6 heteroatoms. The van der Waals surface area contributed by atoms with Gasteiger partial charge in [-0.15, -0.1) is 0 Å². The van der Waals surface area contributed by atoms with Gasteiger partial charge in [-0.2, -0.15) is 0 Å². The molecule has 0 aliphatic rings. The van der Waals surface area contributed by atoms with Gasteiger partial charge in [-0.1, -0.05) is 0 Å². The summed E-state index contributed by atoms with van der Waals surface area (Å²) >= 11 is 3.13. The fraction of sp³-hybridized carbons (Fsp3) is 0.429. The summed E-state index contributed by atoms with van der Waals surface area (Å²) in [4.78, 5) is 17.5. The van der Waals surface area contributed by atoms with Gasteiger partial charge in [0.25, 0.3) is 5.56 Å². The molecule has 13 heavy (non-hydrogen) atoms. The molecule has 0 aromatic carbocycles. The van der Waals surface area contributed by atoms with Crippen LogP contribution in [0.2, 0.25) is 0 Å². The minimum Gasteiger partial charge on any atom is -0.369 e. The van der Waals surface area contributed by atoms with Crippen molar-refractivity contribution < 1.29 is 0 Å². The Morgan fingerprint density at radius 3 is 3.15 bits per heavy atom. The molecular weight excluding hydrogens is 236 g/mol. The Bertz CT molecular complexity index is 325. The molecule has 0 amide bonds. The second kappa shape index (κ2) is 4.98. The molecular formula is C7H11BrN4O. The van der Waals surface area contributed by atoms with Crippen LogP contribution in [0.1, 0.15) is 6.42 Å². The summed E-state index contributed by atoms with van der Waals surface area (Å²) in [5.41, 5.74) is 5.13. The summed E-state index contributed by atoms with van der Waals surface area (Å²) < 4.78 is 0.423. The van der Waals surface area contributed by atoms with E-state index in [1.165, 1.54) is 6.33 Å². The van der Waals surface area contributed by atoms with Crippen LogP contribution in [0.3, 0.4) is 0 Å². The van der Waals surface area contributed by atoms with Gasteiger partial charge in [0.1, 0.15) is 10.3 Å². The van der Waals surface area contributed by atoms with Crippen molar-refractivity contribution in [2.45, 2.75) is 6.42 Å². The van der Waals surface area contributed by atoms with Crippen LogP contribution in [-0.2, 0) is 0 Å². The summed E-state index contributed by atoms with van der Waals surface area (Å²) in [6.07, 6.45) is 2.21. The Hall–Kier alpha value is -0.880. The fourth-order valence-electron chi connectivity index (χ4n) is 0.815. The van der Waals surface area contributed by atoms with Gasteiger partial charge in [-0.05, 0) is 28.9 Å². The first-order chi connectivity index (χ1) is 6.25. The largest absolute Gasteiger partial charge is 0.369 e. The molecule has 0 atom stereocenters. The van der Waals surface area contributed by atoms with Crippen molar-refractivity contribution in [3.63, 3.8) is 0 Å². The molecule has 0 bridgehead atoms. The molecule has 1 rings (SSSR count).